The first kappa shape index (κ1) is 20.4. The van der Waals surface area contributed by atoms with Gasteiger partial charge in [-0.2, -0.15) is 0 Å². The molecule has 0 spiro atoms. The van der Waals surface area contributed by atoms with Crippen molar-refractivity contribution in [2.75, 3.05) is 31.2 Å². The Balaban J connectivity index is 1.94. The van der Waals surface area contributed by atoms with Gasteiger partial charge in [0.15, 0.2) is 0 Å². The van der Waals surface area contributed by atoms with E-state index < -0.39 is 5.60 Å². The van der Waals surface area contributed by atoms with Gasteiger partial charge in [0.05, 0.1) is 6.54 Å². The van der Waals surface area contributed by atoms with Crippen LogP contribution in [0.4, 0.5) is 16.2 Å². The number of ether oxygens (including phenoxy) is 2. The fourth-order valence-electron chi connectivity index (χ4n) is 2.41. The maximum Gasteiger partial charge on any atom is 0.410 e. The molecule has 2 aromatic rings. The summed E-state index contributed by atoms with van der Waals surface area (Å²) in [5.74, 6) is 0.715. The molecule has 2 rings (SSSR count). The SMILES string of the molecule is CC(C)(C)OC(=O)N(CCOc1ccc(N)cc1)CCc1ccc(N)cc1. The van der Waals surface area contributed by atoms with Crippen LogP contribution in [0.2, 0.25) is 0 Å². The Morgan fingerprint density at radius 3 is 2.04 bits per heavy atom. The smallest absolute Gasteiger partial charge is 0.410 e. The first-order chi connectivity index (χ1) is 12.7. The minimum atomic E-state index is -0.547. The maximum atomic E-state index is 12.5. The van der Waals surface area contributed by atoms with Crippen LogP contribution < -0.4 is 16.2 Å². The number of hydrogen-bond acceptors (Lipinski definition) is 5. The first-order valence-electron chi connectivity index (χ1n) is 9.03. The lowest BCUT2D eigenvalue weighted by atomic mass is 10.1. The average molecular weight is 371 g/mol. The largest absolute Gasteiger partial charge is 0.492 e. The van der Waals surface area contributed by atoms with Crippen LogP contribution in [0.5, 0.6) is 5.75 Å². The predicted molar refractivity (Wildman–Crippen MR) is 109 cm³/mol. The van der Waals surface area contributed by atoms with Crippen LogP contribution in [0.3, 0.4) is 0 Å². The third-order valence-corrected chi connectivity index (χ3v) is 3.81. The highest BCUT2D eigenvalue weighted by atomic mass is 16.6. The van der Waals surface area contributed by atoms with Gasteiger partial charge in [-0.25, -0.2) is 4.79 Å². The lowest BCUT2D eigenvalue weighted by Crippen LogP contribution is -2.40. The van der Waals surface area contributed by atoms with Crippen LogP contribution in [0.1, 0.15) is 26.3 Å². The summed E-state index contributed by atoms with van der Waals surface area (Å²) >= 11 is 0. The second-order valence-corrected chi connectivity index (χ2v) is 7.38. The van der Waals surface area contributed by atoms with Crippen LogP contribution in [0, 0.1) is 0 Å². The molecule has 0 saturated carbocycles. The zero-order valence-corrected chi connectivity index (χ0v) is 16.3. The Labute approximate surface area is 161 Å². The molecule has 4 N–H and O–H groups in total. The van der Waals surface area contributed by atoms with Gasteiger partial charge >= 0.3 is 6.09 Å². The molecular weight excluding hydrogens is 342 g/mol. The molecule has 0 saturated heterocycles. The monoisotopic (exact) mass is 371 g/mol. The Morgan fingerprint density at radius 2 is 1.48 bits per heavy atom. The van der Waals surface area contributed by atoms with E-state index in [0.29, 0.717) is 37.6 Å². The van der Waals surface area contributed by atoms with Crippen LogP contribution in [-0.2, 0) is 11.2 Å². The normalized spacial score (nSPS) is 11.1. The summed E-state index contributed by atoms with van der Waals surface area (Å²) in [5, 5.41) is 0. The molecule has 0 aliphatic rings. The molecule has 0 aromatic heterocycles. The molecule has 146 valence electrons. The number of carbonyl (C=O) groups excluding carboxylic acids is 1. The highest BCUT2D eigenvalue weighted by molar-refractivity contribution is 5.68. The molecule has 6 nitrogen and oxygen atoms in total. The van der Waals surface area contributed by atoms with Gasteiger partial charge in [-0.05, 0) is 69.2 Å². The molecule has 0 unspecified atom stereocenters. The Bertz CT molecular complexity index is 722. The van der Waals surface area contributed by atoms with Crippen molar-refractivity contribution in [3.8, 4) is 5.75 Å². The average Bonchev–Trinajstić information content (AvgIpc) is 2.59. The Hall–Kier alpha value is -2.89. The summed E-state index contributed by atoms with van der Waals surface area (Å²) in [7, 11) is 0. The zero-order chi connectivity index (χ0) is 19.9. The van der Waals surface area contributed by atoms with E-state index in [2.05, 4.69) is 0 Å². The second kappa shape index (κ2) is 9.16. The molecule has 0 radical (unpaired) electrons. The molecule has 0 heterocycles. The van der Waals surface area contributed by atoms with Gasteiger partial charge in [0.25, 0.3) is 0 Å². The Morgan fingerprint density at radius 1 is 0.926 bits per heavy atom. The second-order valence-electron chi connectivity index (χ2n) is 7.38. The van der Waals surface area contributed by atoms with Gasteiger partial charge in [-0.3, -0.25) is 0 Å². The van der Waals surface area contributed by atoms with Gasteiger partial charge in [0.1, 0.15) is 18.0 Å². The Kier molecular flexibility index (Phi) is 6.93. The fraction of sp³-hybridized carbons (Fsp3) is 0.381. The van der Waals surface area contributed by atoms with E-state index in [9.17, 15) is 4.79 Å². The number of anilines is 2. The van der Waals surface area contributed by atoms with E-state index in [1.165, 1.54) is 0 Å². The minimum Gasteiger partial charge on any atom is -0.492 e. The minimum absolute atomic E-state index is 0.348. The molecule has 6 heteroatoms. The van der Waals surface area contributed by atoms with Gasteiger partial charge in [0.2, 0.25) is 0 Å². The lowest BCUT2D eigenvalue weighted by molar-refractivity contribution is 0.0228. The maximum absolute atomic E-state index is 12.5. The molecule has 27 heavy (non-hydrogen) atoms. The van der Waals surface area contributed by atoms with E-state index in [0.717, 1.165) is 11.3 Å². The summed E-state index contributed by atoms with van der Waals surface area (Å²) < 4.78 is 11.2. The number of nitrogens with two attached hydrogens (primary N) is 2. The van der Waals surface area contributed by atoms with Crippen molar-refractivity contribution in [1.29, 1.82) is 0 Å². The van der Waals surface area contributed by atoms with Crippen molar-refractivity contribution in [2.24, 2.45) is 0 Å². The van der Waals surface area contributed by atoms with Crippen LogP contribution in [0.25, 0.3) is 0 Å². The van der Waals surface area contributed by atoms with Crippen LogP contribution >= 0.6 is 0 Å². The van der Waals surface area contributed by atoms with E-state index in [1.807, 2.05) is 57.2 Å². The summed E-state index contributed by atoms with van der Waals surface area (Å²) in [5.41, 5.74) is 13.4. The number of rotatable bonds is 7. The van der Waals surface area contributed by atoms with Crippen molar-refractivity contribution < 1.29 is 14.3 Å². The van der Waals surface area contributed by atoms with Crippen LogP contribution in [0.15, 0.2) is 48.5 Å². The number of amides is 1. The van der Waals surface area contributed by atoms with Crippen molar-refractivity contribution in [3.05, 3.63) is 54.1 Å². The summed E-state index contributed by atoms with van der Waals surface area (Å²) in [6, 6.07) is 14.8. The van der Waals surface area contributed by atoms with Crippen molar-refractivity contribution in [3.63, 3.8) is 0 Å². The molecule has 0 aliphatic heterocycles. The molecule has 0 fully saturated rings. The van der Waals surface area contributed by atoms with E-state index >= 15 is 0 Å². The molecule has 2 aromatic carbocycles. The standard InChI is InChI=1S/C21H29N3O3/c1-21(2,3)27-20(25)24(13-12-16-4-6-17(22)7-5-16)14-15-26-19-10-8-18(23)9-11-19/h4-11H,12-15,22-23H2,1-3H3. The number of hydrogen-bond donors (Lipinski definition) is 2. The summed E-state index contributed by atoms with van der Waals surface area (Å²) in [4.78, 5) is 14.2. The summed E-state index contributed by atoms with van der Waals surface area (Å²) in [6.45, 7) is 6.89. The topological polar surface area (TPSA) is 90.8 Å². The predicted octanol–water partition coefficient (Wildman–Crippen LogP) is 3.71. The highest BCUT2D eigenvalue weighted by Crippen LogP contribution is 2.14. The first-order valence-corrected chi connectivity index (χ1v) is 9.03. The lowest BCUT2D eigenvalue weighted by Gasteiger charge is -2.27. The molecule has 1 amide bonds. The number of carbonyl (C=O) groups is 1. The molecule has 0 atom stereocenters. The third-order valence-electron chi connectivity index (χ3n) is 3.81. The van der Waals surface area contributed by atoms with Gasteiger partial charge in [-0.1, -0.05) is 12.1 Å². The number of benzene rings is 2. The van der Waals surface area contributed by atoms with E-state index in [-0.39, 0.29) is 6.09 Å². The van der Waals surface area contributed by atoms with Gasteiger partial charge < -0.3 is 25.8 Å². The molecule has 0 bridgehead atoms. The van der Waals surface area contributed by atoms with Crippen LogP contribution in [-0.4, -0.2) is 36.3 Å². The summed E-state index contributed by atoms with van der Waals surface area (Å²) in [6.07, 6.45) is 0.361. The fourth-order valence-corrected chi connectivity index (χ4v) is 2.41. The third kappa shape index (κ3) is 7.48. The van der Waals surface area contributed by atoms with Gasteiger partial charge in [-0.15, -0.1) is 0 Å². The van der Waals surface area contributed by atoms with E-state index in [1.54, 1.807) is 17.0 Å². The number of nitrogen functional groups attached to an aromatic ring is 2. The van der Waals surface area contributed by atoms with Crippen molar-refractivity contribution in [1.82, 2.24) is 4.90 Å². The van der Waals surface area contributed by atoms with E-state index in [4.69, 9.17) is 20.9 Å². The van der Waals surface area contributed by atoms with Crippen molar-refractivity contribution in [2.45, 2.75) is 32.8 Å². The molecular formula is C21H29N3O3. The molecule has 0 aliphatic carbocycles. The number of nitrogens with zero attached hydrogens (tertiary/aromatic N) is 1. The zero-order valence-electron chi connectivity index (χ0n) is 16.3. The van der Waals surface area contributed by atoms with Crippen molar-refractivity contribution >= 4 is 17.5 Å². The van der Waals surface area contributed by atoms with Gasteiger partial charge in [0, 0.05) is 17.9 Å². The quantitative estimate of drug-likeness (QED) is 0.724. The highest BCUT2D eigenvalue weighted by Gasteiger charge is 2.22.